The fraction of sp³-hybridized carbons (Fsp3) is 0.250. The summed E-state index contributed by atoms with van der Waals surface area (Å²) in [5, 5.41) is 5.54. The molecule has 0 aliphatic carbocycles. The Bertz CT molecular complexity index is 646. The second kappa shape index (κ2) is 6.74. The smallest absolute Gasteiger partial charge is 0.251 e. The van der Waals surface area contributed by atoms with E-state index in [2.05, 4.69) is 10.6 Å². The number of nitrogens with one attached hydrogen (secondary N) is 2. The molecule has 0 aliphatic rings. The zero-order valence-electron chi connectivity index (χ0n) is 12.2. The maximum absolute atomic E-state index is 12.0. The number of carbonyl (C=O) groups is 2. The van der Waals surface area contributed by atoms with Gasteiger partial charge in [-0.2, -0.15) is 0 Å². The molecule has 2 aromatic rings. The second-order valence-corrected chi connectivity index (χ2v) is 4.95. The molecule has 0 spiro atoms. The Kier molecular flexibility index (Phi) is 4.77. The van der Waals surface area contributed by atoms with E-state index in [4.69, 9.17) is 0 Å². The van der Waals surface area contributed by atoms with Crippen molar-refractivity contribution in [2.45, 2.75) is 13.3 Å². The quantitative estimate of drug-likeness (QED) is 0.882. The molecule has 2 N–H and O–H groups in total. The van der Waals surface area contributed by atoms with Gasteiger partial charge in [-0.25, -0.2) is 0 Å². The van der Waals surface area contributed by atoms with Crippen molar-refractivity contribution in [3.63, 3.8) is 0 Å². The fourth-order valence-electron chi connectivity index (χ4n) is 2.07. The van der Waals surface area contributed by atoms with Gasteiger partial charge in [0.2, 0.25) is 5.91 Å². The lowest BCUT2D eigenvalue weighted by Gasteiger charge is -2.07. The van der Waals surface area contributed by atoms with Crippen molar-refractivity contribution >= 4 is 17.5 Å². The molecule has 5 heteroatoms. The predicted octanol–water partition coefficient (Wildman–Crippen LogP) is 1.96. The van der Waals surface area contributed by atoms with Crippen molar-refractivity contribution in [3.8, 4) is 0 Å². The first-order valence-electron chi connectivity index (χ1n) is 6.81. The molecule has 2 rings (SSSR count). The van der Waals surface area contributed by atoms with E-state index in [0.29, 0.717) is 17.8 Å². The molecule has 0 bridgehead atoms. The molecule has 0 saturated carbocycles. The number of aromatic nitrogens is 1. The van der Waals surface area contributed by atoms with Crippen LogP contribution in [0.3, 0.4) is 0 Å². The van der Waals surface area contributed by atoms with Crippen molar-refractivity contribution in [3.05, 3.63) is 53.9 Å². The van der Waals surface area contributed by atoms with Crippen molar-refractivity contribution in [2.24, 2.45) is 7.05 Å². The highest BCUT2D eigenvalue weighted by Gasteiger charge is 2.06. The Morgan fingerprint density at radius 2 is 2.05 bits per heavy atom. The van der Waals surface area contributed by atoms with Gasteiger partial charge in [0.15, 0.2) is 0 Å². The van der Waals surface area contributed by atoms with Crippen LogP contribution in [-0.4, -0.2) is 22.9 Å². The van der Waals surface area contributed by atoms with Crippen LogP contribution in [0.15, 0.2) is 42.7 Å². The first-order chi connectivity index (χ1) is 10.0. The van der Waals surface area contributed by atoms with Crippen LogP contribution in [0, 0.1) is 0 Å². The van der Waals surface area contributed by atoms with E-state index >= 15 is 0 Å². The molecule has 2 amide bonds. The third-order valence-electron chi connectivity index (χ3n) is 3.04. The van der Waals surface area contributed by atoms with Crippen molar-refractivity contribution in [2.75, 3.05) is 11.9 Å². The van der Waals surface area contributed by atoms with E-state index in [1.54, 1.807) is 24.3 Å². The van der Waals surface area contributed by atoms with Gasteiger partial charge in [0, 0.05) is 44.2 Å². The molecule has 21 heavy (non-hydrogen) atoms. The molecule has 5 nitrogen and oxygen atoms in total. The number of anilines is 1. The second-order valence-electron chi connectivity index (χ2n) is 4.95. The summed E-state index contributed by atoms with van der Waals surface area (Å²) in [5.41, 5.74) is 2.34. The van der Waals surface area contributed by atoms with Crippen LogP contribution in [0.25, 0.3) is 0 Å². The number of hydrogen-bond acceptors (Lipinski definition) is 2. The topological polar surface area (TPSA) is 63.1 Å². The van der Waals surface area contributed by atoms with E-state index in [1.807, 2.05) is 30.1 Å². The van der Waals surface area contributed by atoms with E-state index in [1.165, 1.54) is 12.5 Å². The Morgan fingerprint density at radius 1 is 1.24 bits per heavy atom. The van der Waals surface area contributed by atoms with E-state index in [0.717, 1.165) is 6.42 Å². The molecule has 1 aromatic carbocycles. The zero-order chi connectivity index (χ0) is 15.2. The molecule has 0 radical (unpaired) electrons. The Balaban J connectivity index is 1.89. The third kappa shape index (κ3) is 4.49. The summed E-state index contributed by atoms with van der Waals surface area (Å²) in [6.07, 6.45) is 4.80. The minimum absolute atomic E-state index is 0.141. The maximum atomic E-state index is 12.0. The summed E-state index contributed by atoms with van der Waals surface area (Å²) >= 11 is 0. The molecule has 0 aliphatic heterocycles. The van der Waals surface area contributed by atoms with Crippen molar-refractivity contribution in [1.29, 1.82) is 0 Å². The summed E-state index contributed by atoms with van der Waals surface area (Å²) in [6.45, 7) is 2.01. The summed E-state index contributed by atoms with van der Waals surface area (Å²) < 4.78 is 1.98. The molecule has 0 fully saturated rings. The lowest BCUT2D eigenvalue weighted by Crippen LogP contribution is -2.25. The minimum Gasteiger partial charge on any atom is -0.357 e. The average molecular weight is 285 g/mol. The predicted molar refractivity (Wildman–Crippen MR) is 82.2 cm³/mol. The highest BCUT2D eigenvalue weighted by atomic mass is 16.2. The van der Waals surface area contributed by atoms with Crippen LogP contribution in [0.2, 0.25) is 0 Å². The lowest BCUT2D eigenvalue weighted by atomic mass is 10.1. The summed E-state index contributed by atoms with van der Waals surface area (Å²) in [6, 6.07) is 8.92. The molecule has 1 aromatic heterocycles. The van der Waals surface area contributed by atoms with Gasteiger partial charge < -0.3 is 15.2 Å². The van der Waals surface area contributed by atoms with Gasteiger partial charge in [-0.15, -0.1) is 0 Å². The van der Waals surface area contributed by atoms with Gasteiger partial charge >= 0.3 is 0 Å². The summed E-state index contributed by atoms with van der Waals surface area (Å²) in [5.74, 6) is -0.297. The largest absolute Gasteiger partial charge is 0.357 e. The van der Waals surface area contributed by atoms with Gasteiger partial charge in [0.1, 0.15) is 0 Å². The number of hydrogen-bond donors (Lipinski definition) is 2. The number of aryl methyl sites for hydroxylation is 1. The molecule has 0 atom stereocenters. The van der Waals surface area contributed by atoms with Gasteiger partial charge in [-0.05, 0) is 36.2 Å². The molecular weight excluding hydrogens is 266 g/mol. The fourth-order valence-corrected chi connectivity index (χ4v) is 2.07. The van der Waals surface area contributed by atoms with Crippen LogP contribution >= 0.6 is 0 Å². The molecule has 0 unspecified atom stereocenters. The first-order valence-corrected chi connectivity index (χ1v) is 6.81. The van der Waals surface area contributed by atoms with Gasteiger partial charge in [0.05, 0.1) is 0 Å². The maximum Gasteiger partial charge on any atom is 0.251 e. The normalized spacial score (nSPS) is 10.2. The number of rotatable bonds is 5. The molecule has 110 valence electrons. The SMILES string of the molecule is CC(=O)Nc1cccc(C(=O)NCCc2ccn(C)c2)c1. The minimum atomic E-state index is -0.156. The monoisotopic (exact) mass is 285 g/mol. The van der Waals surface area contributed by atoms with Crippen molar-refractivity contribution in [1.82, 2.24) is 9.88 Å². The van der Waals surface area contributed by atoms with Gasteiger partial charge in [0.25, 0.3) is 5.91 Å². The summed E-state index contributed by atoms with van der Waals surface area (Å²) in [7, 11) is 1.97. The highest BCUT2D eigenvalue weighted by Crippen LogP contribution is 2.10. The summed E-state index contributed by atoms with van der Waals surface area (Å²) in [4.78, 5) is 23.1. The first kappa shape index (κ1) is 14.8. The van der Waals surface area contributed by atoms with Gasteiger partial charge in [-0.1, -0.05) is 6.07 Å². The van der Waals surface area contributed by atoms with E-state index in [9.17, 15) is 9.59 Å². The molecule has 1 heterocycles. The zero-order valence-corrected chi connectivity index (χ0v) is 12.2. The van der Waals surface area contributed by atoms with Crippen LogP contribution in [0.5, 0.6) is 0 Å². The standard InChI is InChI=1S/C16H19N3O2/c1-12(20)18-15-5-3-4-14(10-15)16(21)17-8-6-13-7-9-19(2)11-13/h3-5,7,9-11H,6,8H2,1-2H3,(H,17,21)(H,18,20). The Hall–Kier alpha value is -2.56. The lowest BCUT2D eigenvalue weighted by molar-refractivity contribution is -0.114. The van der Waals surface area contributed by atoms with E-state index < -0.39 is 0 Å². The number of carbonyl (C=O) groups excluding carboxylic acids is 2. The van der Waals surface area contributed by atoms with Crippen LogP contribution in [-0.2, 0) is 18.3 Å². The van der Waals surface area contributed by atoms with Crippen molar-refractivity contribution < 1.29 is 9.59 Å². The molecule has 0 saturated heterocycles. The Morgan fingerprint density at radius 3 is 2.71 bits per heavy atom. The van der Waals surface area contributed by atoms with Crippen LogP contribution < -0.4 is 10.6 Å². The molecular formula is C16H19N3O2. The Labute approximate surface area is 124 Å². The number of amides is 2. The average Bonchev–Trinajstić information content (AvgIpc) is 2.84. The van der Waals surface area contributed by atoms with E-state index in [-0.39, 0.29) is 11.8 Å². The highest BCUT2D eigenvalue weighted by molar-refractivity contribution is 5.96. The van der Waals surface area contributed by atoms with Crippen LogP contribution in [0.1, 0.15) is 22.8 Å². The number of nitrogens with zero attached hydrogens (tertiary/aromatic N) is 1. The number of benzene rings is 1. The van der Waals surface area contributed by atoms with Gasteiger partial charge in [-0.3, -0.25) is 9.59 Å². The van der Waals surface area contributed by atoms with Crippen LogP contribution in [0.4, 0.5) is 5.69 Å². The third-order valence-corrected chi connectivity index (χ3v) is 3.04.